The van der Waals surface area contributed by atoms with Gasteiger partial charge in [-0.1, -0.05) is 6.07 Å². The first-order valence-electron chi connectivity index (χ1n) is 10.0. The average molecular weight is 424 g/mol. The standard InChI is InChI=1S/C19H25N3O4S2/c23-28(24,17-3-1-2-16-18(17)21-27-20-16)22-9-7-19(8-10-22)12-15(6-11-26-19)25-13-14-4-5-14/h1-3,14-15H,4-13H2. The van der Waals surface area contributed by atoms with Crippen molar-refractivity contribution in [2.45, 2.75) is 55.1 Å². The molecular formula is C19H25N3O4S2. The number of rotatable bonds is 5. The van der Waals surface area contributed by atoms with Gasteiger partial charge in [-0.25, -0.2) is 8.42 Å². The summed E-state index contributed by atoms with van der Waals surface area (Å²) >= 11 is 1.04. The third-order valence-electron chi connectivity index (χ3n) is 6.21. The van der Waals surface area contributed by atoms with Crippen molar-refractivity contribution in [1.82, 2.24) is 13.1 Å². The lowest BCUT2D eigenvalue weighted by molar-refractivity contribution is -0.151. The number of sulfonamides is 1. The summed E-state index contributed by atoms with van der Waals surface area (Å²) in [6, 6.07) is 5.15. The van der Waals surface area contributed by atoms with Gasteiger partial charge in [-0.15, -0.1) is 0 Å². The van der Waals surface area contributed by atoms with E-state index in [-0.39, 0.29) is 16.6 Å². The summed E-state index contributed by atoms with van der Waals surface area (Å²) in [5.41, 5.74) is 0.855. The Morgan fingerprint density at radius 3 is 2.82 bits per heavy atom. The molecule has 1 aromatic carbocycles. The van der Waals surface area contributed by atoms with E-state index in [1.807, 2.05) is 0 Å². The summed E-state index contributed by atoms with van der Waals surface area (Å²) in [5, 5.41) is 0. The van der Waals surface area contributed by atoms with E-state index in [0.29, 0.717) is 43.6 Å². The Morgan fingerprint density at radius 2 is 2.04 bits per heavy atom. The molecule has 1 aromatic heterocycles. The van der Waals surface area contributed by atoms with Crippen LogP contribution in [0.5, 0.6) is 0 Å². The molecule has 2 aromatic rings. The molecule has 0 radical (unpaired) electrons. The molecule has 1 aliphatic carbocycles. The number of hydrogen-bond acceptors (Lipinski definition) is 7. The summed E-state index contributed by atoms with van der Waals surface area (Å²) in [7, 11) is -3.59. The van der Waals surface area contributed by atoms with Crippen LogP contribution in [0.1, 0.15) is 38.5 Å². The summed E-state index contributed by atoms with van der Waals surface area (Å²) in [6.45, 7) is 2.50. The maximum Gasteiger partial charge on any atom is 0.245 e. The van der Waals surface area contributed by atoms with E-state index in [2.05, 4.69) is 8.75 Å². The summed E-state index contributed by atoms with van der Waals surface area (Å²) < 4.78 is 48.6. The van der Waals surface area contributed by atoms with Crippen molar-refractivity contribution in [3.05, 3.63) is 18.2 Å². The summed E-state index contributed by atoms with van der Waals surface area (Å²) in [6.07, 6.45) is 6.06. The highest BCUT2D eigenvalue weighted by Crippen LogP contribution is 2.39. The predicted molar refractivity (Wildman–Crippen MR) is 106 cm³/mol. The second-order valence-corrected chi connectivity index (χ2v) is 10.6. The van der Waals surface area contributed by atoms with Gasteiger partial charge in [0.25, 0.3) is 0 Å². The lowest BCUT2D eigenvalue weighted by Crippen LogP contribution is -2.52. The van der Waals surface area contributed by atoms with Gasteiger partial charge in [-0.3, -0.25) is 0 Å². The highest BCUT2D eigenvalue weighted by atomic mass is 32.2. The van der Waals surface area contributed by atoms with E-state index in [1.165, 1.54) is 12.8 Å². The normalized spacial score (nSPS) is 26.1. The Bertz CT molecular complexity index is 949. The fraction of sp³-hybridized carbons (Fsp3) is 0.684. The molecule has 2 saturated heterocycles. The Morgan fingerprint density at radius 1 is 1.21 bits per heavy atom. The van der Waals surface area contributed by atoms with Gasteiger partial charge in [-0.05, 0) is 50.2 Å². The van der Waals surface area contributed by atoms with Crippen LogP contribution in [0, 0.1) is 5.92 Å². The molecule has 3 heterocycles. The van der Waals surface area contributed by atoms with Crippen molar-refractivity contribution in [1.29, 1.82) is 0 Å². The first-order chi connectivity index (χ1) is 13.6. The number of nitrogens with zero attached hydrogens (tertiary/aromatic N) is 3. The molecule has 0 N–H and O–H groups in total. The highest BCUT2D eigenvalue weighted by molar-refractivity contribution is 7.89. The molecule has 2 aliphatic heterocycles. The lowest BCUT2D eigenvalue weighted by atomic mass is 9.84. The predicted octanol–water partition coefficient (Wildman–Crippen LogP) is 2.82. The molecule has 1 atom stereocenters. The lowest BCUT2D eigenvalue weighted by Gasteiger charge is -2.45. The minimum Gasteiger partial charge on any atom is -0.378 e. The van der Waals surface area contributed by atoms with Crippen LogP contribution in [0.2, 0.25) is 0 Å². The van der Waals surface area contributed by atoms with Crippen molar-refractivity contribution in [2.75, 3.05) is 26.3 Å². The smallest absolute Gasteiger partial charge is 0.245 e. The Hall–Kier alpha value is -1.13. The van der Waals surface area contributed by atoms with Gasteiger partial charge in [0.1, 0.15) is 15.9 Å². The minimum absolute atomic E-state index is 0.243. The van der Waals surface area contributed by atoms with Crippen molar-refractivity contribution in [3.63, 3.8) is 0 Å². The van der Waals surface area contributed by atoms with E-state index < -0.39 is 10.0 Å². The number of aromatic nitrogens is 2. The zero-order chi connectivity index (χ0) is 19.2. The SMILES string of the molecule is O=S(=O)(c1cccc2nsnc12)N1CCC2(CC1)CC(OCC1CC1)CCO2. The second-order valence-electron chi connectivity index (χ2n) is 8.22. The molecule has 1 unspecified atom stereocenters. The maximum absolute atomic E-state index is 13.2. The van der Waals surface area contributed by atoms with Gasteiger partial charge >= 0.3 is 0 Å². The van der Waals surface area contributed by atoms with Crippen molar-refractivity contribution in [2.24, 2.45) is 5.92 Å². The van der Waals surface area contributed by atoms with E-state index in [9.17, 15) is 8.42 Å². The van der Waals surface area contributed by atoms with Gasteiger partial charge in [0.2, 0.25) is 10.0 Å². The Labute approximate surface area is 169 Å². The molecule has 0 amide bonds. The highest BCUT2D eigenvalue weighted by Gasteiger charge is 2.43. The van der Waals surface area contributed by atoms with Crippen molar-refractivity contribution < 1.29 is 17.9 Å². The van der Waals surface area contributed by atoms with E-state index in [4.69, 9.17) is 9.47 Å². The molecule has 1 spiro atoms. The molecule has 5 rings (SSSR count). The van der Waals surface area contributed by atoms with Gasteiger partial charge in [-0.2, -0.15) is 13.1 Å². The quantitative estimate of drug-likeness (QED) is 0.736. The zero-order valence-corrected chi connectivity index (χ0v) is 17.4. The van der Waals surface area contributed by atoms with Gasteiger partial charge in [0, 0.05) is 32.7 Å². The molecular weight excluding hydrogens is 398 g/mol. The molecule has 28 heavy (non-hydrogen) atoms. The van der Waals surface area contributed by atoms with E-state index in [0.717, 1.165) is 37.1 Å². The molecule has 7 nitrogen and oxygen atoms in total. The van der Waals surface area contributed by atoms with Gasteiger partial charge < -0.3 is 9.47 Å². The first kappa shape index (κ1) is 18.9. The first-order valence-corrected chi connectivity index (χ1v) is 12.2. The monoisotopic (exact) mass is 423 g/mol. The minimum atomic E-state index is -3.59. The molecule has 3 fully saturated rings. The van der Waals surface area contributed by atoms with E-state index >= 15 is 0 Å². The summed E-state index contributed by atoms with van der Waals surface area (Å²) in [4.78, 5) is 0.255. The number of piperidine rings is 1. The Kier molecular flexibility index (Phi) is 4.91. The van der Waals surface area contributed by atoms with Crippen LogP contribution in [0.4, 0.5) is 0 Å². The number of benzene rings is 1. The topological polar surface area (TPSA) is 81.6 Å². The molecule has 152 valence electrons. The number of ether oxygens (including phenoxy) is 2. The molecule has 0 bridgehead atoms. The van der Waals surface area contributed by atoms with Crippen LogP contribution in [-0.2, 0) is 19.5 Å². The molecule has 3 aliphatic rings. The molecule has 1 saturated carbocycles. The Balaban J connectivity index is 1.28. The van der Waals surface area contributed by atoms with Crippen LogP contribution < -0.4 is 0 Å². The third kappa shape index (κ3) is 3.59. The van der Waals surface area contributed by atoms with Crippen LogP contribution in [0.15, 0.2) is 23.1 Å². The van der Waals surface area contributed by atoms with Gasteiger partial charge in [0.05, 0.1) is 23.4 Å². The largest absolute Gasteiger partial charge is 0.378 e. The number of fused-ring (bicyclic) bond motifs is 1. The third-order valence-corrected chi connectivity index (χ3v) is 8.69. The summed E-state index contributed by atoms with van der Waals surface area (Å²) in [5.74, 6) is 0.758. The van der Waals surface area contributed by atoms with Crippen molar-refractivity contribution >= 4 is 32.8 Å². The molecule has 9 heteroatoms. The fourth-order valence-electron chi connectivity index (χ4n) is 4.29. The van der Waals surface area contributed by atoms with Crippen LogP contribution in [0.3, 0.4) is 0 Å². The second kappa shape index (κ2) is 7.28. The number of hydrogen-bond donors (Lipinski definition) is 0. The zero-order valence-electron chi connectivity index (χ0n) is 15.7. The van der Waals surface area contributed by atoms with Crippen LogP contribution in [0.25, 0.3) is 11.0 Å². The van der Waals surface area contributed by atoms with Crippen LogP contribution >= 0.6 is 11.7 Å². The van der Waals surface area contributed by atoms with Crippen LogP contribution in [-0.4, -0.2) is 59.5 Å². The van der Waals surface area contributed by atoms with E-state index in [1.54, 1.807) is 22.5 Å². The fourth-order valence-corrected chi connectivity index (χ4v) is 6.49. The van der Waals surface area contributed by atoms with Crippen molar-refractivity contribution in [3.8, 4) is 0 Å². The van der Waals surface area contributed by atoms with Gasteiger partial charge in [0.15, 0.2) is 0 Å². The maximum atomic E-state index is 13.2. The average Bonchev–Trinajstić information content (AvgIpc) is 3.41.